The van der Waals surface area contributed by atoms with Crippen LogP contribution in [0.4, 0.5) is 5.13 Å². The summed E-state index contributed by atoms with van der Waals surface area (Å²) >= 11 is 1.87. The van der Waals surface area contributed by atoms with Crippen LogP contribution >= 0.6 is 11.3 Å². The van der Waals surface area contributed by atoms with Gasteiger partial charge in [-0.25, -0.2) is 4.98 Å². The molecule has 118 valence electrons. The van der Waals surface area contributed by atoms with Crippen LogP contribution in [0.15, 0.2) is 0 Å². The highest BCUT2D eigenvalue weighted by Crippen LogP contribution is 2.40. The lowest BCUT2D eigenvalue weighted by molar-refractivity contribution is 0.181. The van der Waals surface area contributed by atoms with Crippen molar-refractivity contribution in [3.63, 3.8) is 0 Å². The van der Waals surface area contributed by atoms with E-state index < -0.39 is 0 Å². The molecule has 0 bridgehead atoms. The summed E-state index contributed by atoms with van der Waals surface area (Å²) in [5.41, 5.74) is 1.12. The number of hydrogen-bond acceptors (Lipinski definition) is 5. The van der Waals surface area contributed by atoms with Gasteiger partial charge in [-0.3, -0.25) is 0 Å². The number of methoxy groups -OCH3 is 1. The van der Waals surface area contributed by atoms with E-state index in [1.807, 2.05) is 11.3 Å². The number of anilines is 1. The zero-order chi connectivity index (χ0) is 14.7. The first-order valence-electron chi connectivity index (χ1n) is 8.28. The van der Waals surface area contributed by atoms with Crippen LogP contribution in [0, 0.1) is 5.92 Å². The molecule has 2 unspecified atom stereocenters. The Labute approximate surface area is 131 Å². The maximum absolute atomic E-state index is 5.33. The van der Waals surface area contributed by atoms with Crippen molar-refractivity contribution in [2.24, 2.45) is 5.92 Å². The van der Waals surface area contributed by atoms with Gasteiger partial charge in [-0.15, -0.1) is 11.3 Å². The lowest BCUT2D eigenvalue weighted by Gasteiger charge is -2.37. The summed E-state index contributed by atoms with van der Waals surface area (Å²) in [7, 11) is 1.75. The van der Waals surface area contributed by atoms with Gasteiger partial charge in [0.2, 0.25) is 0 Å². The molecule has 1 N–H and O–H groups in total. The van der Waals surface area contributed by atoms with Crippen LogP contribution in [0.25, 0.3) is 0 Å². The average molecular weight is 309 g/mol. The molecule has 1 aliphatic carbocycles. The minimum absolute atomic E-state index is 0.624. The van der Waals surface area contributed by atoms with Gasteiger partial charge in [-0.1, -0.05) is 13.3 Å². The Balaban J connectivity index is 1.80. The molecular weight excluding hydrogens is 282 g/mol. The number of nitrogens with zero attached hydrogens (tertiary/aromatic N) is 2. The highest BCUT2D eigenvalue weighted by molar-refractivity contribution is 7.15. The summed E-state index contributed by atoms with van der Waals surface area (Å²) in [5, 5.41) is 4.65. The van der Waals surface area contributed by atoms with Gasteiger partial charge in [-0.05, 0) is 38.1 Å². The second kappa shape index (κ2) is 7.07. The van der Waals surface area contributed by atoms with E-state index in [9.17, 15) is 0 Å². The molecule has 1 aromatic rings. The number of fused-ring (bicyclic) bond motifs is 1. The van der Waals surface area contributed by atoms with E-state index in [-0.39, 0.29) is 0 Å². The number of hydrogen-bond donors (Lipinski definition) is 1. The predicted molar refractivity (Wildman–Crippen MR) is 87.9 cm³/mol. The molecule has 0 radical (unpaired) electrons. The fourth-order valence-electron chi connectivity index (χ4n) is 3.81. The topological polar surface area (TPSA) is 37.4 Å². The van der Waals surface area contributed by atoms with E-state index in [2.05, 4.69) is 17.1 Å². The van der Waals surface area contributed by atoms with Crippen LogP contribution in [-0.2, 0) is 17.9 Å². The molecule has 1 saturated heterocycles. The highest BCUT2D eigenvalue weighted by atomic mass is 32.1. The second-order valence-corrected chi connectivity index (χ2v) is 7.24. The molecule has 1 saturated carbocycles. The average Bonchev–Trinajstić information content (AvgIpc) is 3.11. The van der Waals surface area contributed by atoms with Crippen molar-refractivity contribution >= 4 is 16.5 Å². The molecule has 2 atom stereocenters. The zero-order valence-electron chi connectivity index (χ0n) is 13.2. The molecule has 5 heteroatoms. The first kappa shape index (κ1) is 15.3. The van der Waals surface area contributed by atoms with Gasteiger partial charge in [0.05, 0.1) is 12.3 Å². The Morgan fingerprint density at radius 2 is 2.19 bits per heavy atom. The van der Waals surface area contributed by atoms with Gasteiger partial charge in [0.25, 0.3) is 0 Å². The van der Waals surface area contributed by atoms with E-state index in [4.69, 9.17) is 9.72 Å². The molecule has 1 aromatic heterocycles. The van der Waals surface area contributed by atoms with E-state index in [1.165, 1.54) is 48.7 Å². The molecule has 4 nitrogen and oxygen atoms in total. The van der Waals surface area contributed by atoms with Crippen molar-refractivity contribution < 1.29 is 4.74 Å². The van der Waals surface area contributed by atoms with E-state index in [0.717, 1.165) is 30.7 Å². The van der Waals surface area contributed by atoms with Crippen molar-refractivity contribution in [1.29, 1.82) is 0 Å². The lowest BCUT2D eigenvalue weighted by atomic mass is 9.92. The van der Waals surface area contributed by atoms with E-state index >= 15 is 0 Å². The molecule has 3 rings (SSSR count). The Bertz CT molecular complexity index is 462. The van der Waals surface area contributed by atoms with Crippen LogP contribution in [0.3, 0.4) is 0 Å². The summed E-state index contributed by atoms with van der Waals surface area (Å²) in [6.45, 7) is 5.86. The predicted octanol–water partition coefficient (Wildman–Crippen LogP) is 3.17. The molecular formula is C16H27N3OS. The number of ether oxygens (including phenoxy) is 1. The number of thiazole rings is 1. The number of rotatable bonds is 6. The third kappa shape index (κ3) is 3.25. The smallest absolute Gasteiger partial charge is 0.186 e. The Morgan fingerprint density at radius 1 is 1.33 bits per heavy atom. The Hall–Kier alpha value is -0.650. The molecule has 21 heavy (non-hydrogen) atoms. The standard InChI is InChI=1S/C16H27N3OS/c1-3-17-10-15-13(11-20-2)18-16(21-15)19-9-5-7-12-6-4-8-14(12)19/h12,14,17H,3-11H2,1-2H3. The van der Waals surface area contributed by atoms with Gasteiger partial charge in [0.15, 0.2) is 5.13 Å². The van der Waals surface area contributed by atoms with Crippen molar-refractivity contribution in [2.75, 3.05) is 25.1 Å². The largest absolute Gasteiger partial charge is 0.378 e. The van der Waals surface area contributed by atoms with Crippen LogP contribution in [0.5, 0.6) is 0 Å². The third-order valence-corrected chi connectivity index (χ3v) is 5.96. The highest BCUT2D eigenvalue weighted by Gasteiger charge is 2.36. The zero-order valence-corrected chi connectivity index (χ0v) is 14.0. The maximum Gasteiger partial charge on any atom is 0.186 e. The van der Waals surface area contributed by atoms with Gasteiger partial charge in [0.1, 0.15) is 0 Å². The Kier molecular flexibility index (Phi) is 5.14. The molecule has 1 aliphatic heterocycles. The number of aromatic nitrogens is 1. The van der Waals surface area contributed by atoms with Crippen LogP contribution in [-0.4, -0.2) is 31.2 Å². The molecule has 2 aliphatic rings. The maximum atomic E-state index is 5.33. The van der Waals surface area contributed by atoms with Crippen molar-refractivity contribution in [3.8, 4) is 0 Å². The van der Waals surface area contributed by atoms with Crippen molar-refractivity contribution in [3.05, 3.63) is 10.6 Å². The minimum Gasteiger partial charge on any atom is -0.378 e. The number of piperidine rings is 1. The van der Waals surface area contributed by atoms with Crippen molar-refractivity contribution in [1.82, 2.24) is 10.3 Å². The summed E-state index contributed by atoms with van der Waals surface area (Å²) in [6, 6.07) is 0.743. The Morgan fingerprint density at radius 3 is 3.00 bits per heavy atom. The minimum atomic E-state index is 0.624. The monoisotopic (exact) mass is 309 g/mol. The summed E-state index contributed by atoms with van der Waals surface area (Å²) in [4.78, 5) is 8.86. The fraction of sp³-hybridized carbons (Fsp3) is 0.812. The number of nitrogens with one attached hydrogen (secondary N) is 1. The summed E-state index contributed by atoms with van der Waals surface area (Å²) < 4.78 is 5.33. The van der Waals surface area contributed by atoms with Crippen LogP contribution in [0.1, 0.15) is 49.6 Å². The molecule has 2 fully saturated rings. The molecule has 0 spiro atoms. The van der Waals surface area contributed by atoms with Gasteiger partial charge in [0, 0.05) is 31.1 Å². The third-order valence-electron chi connectivity index (χ3n) is 4.82. The van der Waals surface area contributed by atoms with Gasteiger partial charge >= 0.3 is 0 Å². The van der Waals surface area contributed by atoms with Crippen molar-refractivity contribution in [2.45, 2.75) is 58.2 Å². The van der Waals surface area contributed by atoms with Crippen LogP contribution < -0.4 is 10.2 Å². The molecule has 0 amide bonds. The summed E-state index contributed by atoms with van der Waals surface area (Å²) in [5.74, 6) is 0.908. The lowest BCUT2D eigenvalue weighted by Crippen LogP contribution is -2.42. The normalized spacial score (nSPS) is 25.3. The van der Waals surface area contributed by atoms with E-state index in [1.54, 1.807) is 7.11 Å². The first-order chi connectivity index (χ1) is 10.3. The van der Waals surface area contributed by atoms with E-state index in [0.29, 0.717) is 6.61 Å². The molecule has 0 aromatic carbocycles. The second-order valence-electron chi connectivity index (χ2n) is 6.17. The van der Waals surface area contributed by atoms with Crippen LogP contribution in [0.2, 0.25) is 0 Å². The molecule has 2 heterocycles. The van der Waals surface area contributed by atoms with Gasteiger partial charge in [-0.2, -0.15) is 0 Å². The summed E-state index contributed by atoms with van der Waals surface area (Å²) in [6.07, 6.45) is 6.91. The fourth-order valence-corrected chi connectivity index (χ4v) is 4.93. The van der Waals surface area contributed by atoms with Gasteiger partial charge < -0.3 is 15.0 Å². The SMILES string of the molecule is CCNCc1sc(N2CCCC3CCCC32)nc1COC. The quantitative estimate of drug-likeness (QED) is 0.876. The first-order valence-corrected chi connectivity index (χ1v) is 9.10.